The van der Waals surface area contributed by atoms with Crippen LogP contribution in [-0.4, -0.2) is 19.9 Å². The van der Waals surface area contributed by atoms with Gasteiger partial charge in [0.25, 0.3) is 0 Å². The molecule has 11 rings (SSSR count). The molecule has 54 heavy (non-hydrogen) atoms. The number of hydrogen-bond donors (Lipinski definition) is 0. The number of fused-ring (bicyclic) bond motifs is 6. The Morgan fingerprint density at radius 2 is 1.00 bits per heavy atom. The first-order chi connectivity index (χ1) is 26.7. The minimum absolute atomic E-state index is 0.620. The zero-order valence-electron chi connectivity index (χ0n) is 28.8. The van der Waals surface area contributed by atoms with Crippen LogP contribution >= 0.6 is 11.3 Å². The highest BCUT2D eigenvalue weighted by Crippen LogP contribution is 2.42. The highest BCUT2D eigenvalue weighted by atomic mass is 32.1. The molecule has 0 N–H and O–H groups in total. The van der Waals surface area contributed by atoms with Crippen LogP contribution < -0.4 is 0 Å². The van der Waals surface area contributed by atoms with Gasteiger partial charge in [-0.05, 0) is 75.1 Å². The van der Waals surface area contributed by atoms with E-state index in [1.807, 2.05) is 36.4 Å². The van der Waals surface area contributed by atoms with Gasteiger partial charge in [0.15, 0.2) is 23.1 Å². The van der Waals surface area contributed by atoms with Crippen LogP contribution in [0.2, 0.25) is 0 Å². The molecule has 11 aromatic rings. The molecule has 0 atom stereocenters. The summed E-state index contributed by atoms with van der Waals surface area (Å²) in [5, 5.41) is 6.89. The standard InChI is InChI=1S/C48H28N4OS/c1-3-10-29(11-4-1)33-19-20-35-25-36(22-21-34(35)24-33)46-50-45(31-13-5-2-6-14-31)51-47(52-46)39-17-9-16-38-40-27-42-41(28-43(40)54-44(38)39)49-48(53-42)37-23-18-30-12-7-8-15-32(30)26-37/h1-28H. The van der Waals surface area contributed by atoms with Gasteiger partial charge in [0.1, 0.15) is 5.52 Å². The van der Waals surface area contributed by atoms with Crippen molar-refractivity contribution in [2.45, 2.75) is 0 Å². The summed E-state index contributed by atoms with van der Waals surface area (Å²) in [4.78, 5) is 20.2. The van der Waals surface area contributed by atoms with Crippen molar-refractivity contribution in [2.75, 3.05) is 0 Å². The van der Waals surface area contributed by atoms with E-state index in [0.29, 0.717) is 23.4 Å². The van der Waals surface area contributed by atoms with Crippen molar-refractivity contribution in [2.24, 2.45) is 0 Å². The first-order valence-electron chi connectivity index (χ1n) is 17.9. The molecule has 0 amide bonds. The van der Waals surface area contributed by atoms with Crippen LogP contribution in [-0.2, 0) is 0 Å². The molecule has 3 aromatic heterocycles. The SMILES string of the molecule is c1ccc(-c2ccc3cc(-c4nc(-c5ccccc5)nc(-c5cccc6c5sc5cc7nc(-c8ccc9ccccc9c8)oc7cc56)n4)ccc3c2)cc1. The fourth-order valence-corrected chi connectivity index (χ4v) is 8.60. The van der Waals surface area contributed by atoms with E-state index >= 15 is 0 Å². The number of nitrogens with zero attached hydrogens (tertiary/aromatic N) is 4. The molecule has 0 fully saturated rings. The molecule has 0 saturated carbocycles. The van der Waals surface area contributed by atoms with Gasteiger partial charge in [0.05, 0.1) is 0 Å². The van der Waals surface area contributed by atoms with E-state index in [2.05, 4.69) is 133 Å². The van der Waals surface area contributed by atoms with Crippen molar-refractivity contribution in [3.63, 3.8) is 0 Å². The van der Waals surface area contributed by atoms with Gasteiger partial charge < -0.3 is 4.42 Å². The second-order valence-electron chi connectivity index (χ2n) is 13.5. The average Bonchev–Trinajstić information content (AvgIpc) is 3.83. The van der Waals surface area contributed by atoms with Crippen molar-refractivity contribution in [3.8, 4) is 56.7 Å². The lowest BCUT2D eigenvalue weighted by molar-refractivity contribution is 0.620. The van der Waals surface area contributed by atoms with E-state index < -0.39 is 0 Å². The largest absolute Gasteiger partial charge is 0.436 e. The van der Waals surface area contributed by atoms with Crippen molar-refractivity contribution in [1.82, 2.24) is 19.9 Å². The van der Waals surface area contributed by atoms with Crippen LogP contribution in [0.1, 0.15) is 0 Å². The monoisotopic (exact) mass is 708 g/mol. The summed E-state index contributed by atoms with van der Waals surface area (Å²) >= 11 is 1.73. The van der Waals surface area contributed by atoms with Gasteiger partial charge >= 0.3 is 0 Å². The Labute approximate surface area is 313 Å². The maximum absolute atomic E-state index is 6.39. The molecule has 0 saturated heterocycles. The van der Waals surface area contributed by atoms with E-state index in [-0.39, 0.29) is 0 Å². The highest BCUT2D eigenvalue weighted by Gasteiger charge is 2.19. The minimum Gasteiger partial charge on any atom is -0.436 e. The molecule has 0 bridgehead atoms. The second-order valence-corrected chi connectivity index (χ2v) is 14.5. The van der Waals surface area contributed by atoms with E-state index in [1.165, 1.54) is 16.5 Å². The molecule has 0 aliphatic carbocycles. The minimum atomic E-state index is 0.620. The summed E-state index contributed by atoms with van der Waals surface area (Å²) < 4.78 is 8.63. The van der Waals surface area contributed by atoms with Crippen LogP contribution in [0.15, 0.2) is 174 Å². The van der Waals surface area contributed by atoms with Crippen LogP contribution in [0.5, 0.6) is 0 Å². The van der Waals surface area contributed by atoms with E-state index in [4.69, 9.17) is 24.4 Å². The van der Waals surface area contributed by atoms with Crippen LogP contribution in [0.3, 0.4) is 0 Å². The highest BCUT2D eigenvalue weighted by molar-refractivity contribution is 7.26. The Morgan fingerprint density at radius 1 is 0.389 bits per heavy atom. The number of rotatable bonds is 5. The lowest BCUT2D eigenvalue weighted by atomic mass is 10.00. The Kier molecular flexibility index (Phi) is 6.97. The predicted molar refractivity (Wildman–Crippen MR) is 222 cm³/mol. The van der Waals surface area contributed by atoms with Crippen LogP contribution in [0, 0.1) is 0 Å². The number of hydrogen-bond acceptors (Lipinski definition) is 6. The van der Waals surface area contributed by atoms with Gasteiger partial charge in [-0.2, -0.15) is 0 Å². The summed E-state index contributed by atoms with van der Waals surface area (Å²) in [6, 6.07) is 58.9. The average molecular weight is 709 g/mol. The number of oxazole rings is 1. The van der Waals surface area contributed by atoms with Gasteiger partial charge in [-0.25, -0.2) is 19.9 Å². The first kappa shape index (κ1) is 30.6. The summed E-state index contributed by atoms with van der Waals surface area (Å²) in [5.41, 5.74) is 7.78. The lowest BCUT2D eigenvalue weighted by Crippen LogP contribution is -2.00. The van der Waals surface area contributed by atoms with Gasteiger partial charge in [0.2, 0.25) is 5.89 Å². The Bertz CT molecular complexity index is 3220. The van der Waals surface area contributed by atoms with E-state index in [0.717, 1.165) is 69.7 Å². The lowest BCUT2D eigenvalue weighted by Gasteiger charge is -2.10. The predicted octanol–water partition coefficient (Wildman–Crippen LogP) is 13.0. The fourth-order valence-electron chi connectivity index (χ4n) is 7.38. The Morgan fingerprint density at radius 3 is 1.81 bits per heavy atom. The molecule has 0 spiro atoms. The molecular formula is C48H28N4OS. The van der Waals surface area contributed by atoms with Crippen LogP contribution in [0.4, 0.5) is 0 Å². The molecular weight excluding hydrogens is 681 g/mol. The second kappa shape index (κ2) is 12.3. The van der Waals surface area contributed by atoms with Crippen molar-refractivity contribution < 1.29 is 4.42 Å². The van der Waals surface area contributed by atoms with Gasteiger partial charge in [-0.3, -0.25) is 0 Å². The van der Waals surface area contributed by atoms with E-state index in [9.17, 15) is 0 Å². The summed E-state index contributed by atoms with van der Waals surface area (Å²) in [7, 11) is 0. The molecule has 0 unspecified atom stereocenters. The van der Waals surface area contributed by atoms with Crippen molar-refractivity contribution in [3.05, 3.63) is 170 Å². The Balaban J connectivity index is 1.03. The quantitative estimate of drug-likeness (QED) is 0.178. The molecule has 0 aliphatic heterocycles. The van der Waals surface area contributed by atoms with Gasteiger partial charge in [0, 0.05) is 42.4 Å². The van der Waals surface area contributed by atoms with Gasteiger partial charge in [-0.15, -0.1) is 11.3 Å². The smallest absolute Gasteiger partial charge is 0.227 e. The Hall–Kier alpha value is -7.02. The maximum atomic E-state index is 6.39. The van der Waals surface area contributed by atoms with Gasteiger partial charge in [-0.1, -0.05) is 127 Å². The maximum Gasteiger partial charge on any atom is 0.227 e. The van der Waals surface area contributed by atoms with Crippen molar-refractivity contribution >= 4 is 64.2 Å². The molecule has 0 radical (unpaired) electrons. The molecule has 252 valence electrons. The molecule has 6 heteroatoms. The summed E-state index contributed by atoms with van der Waals surface area (Å²) in [6.07, 6.45) is 0. The topological polar surface area (TPSA) is 64.7 Å². The number of thiophene rings is 1. The fraction of sp³-hybridized carbons (Fsp3) is 0. The zero-order valence-corrected chi connectivity index (χ0v) is 29.6. The number of benzene rings is 8. The summed E-state index contributed by atoms with van der Waals surface area (Å²) in [5.74, 6) is 2.52. The third-order valence-corrected chi connectivity index (χ3v) is 11.3. The van der Waals surface area contributed by atoms with Crippen molar-refractivity contribution in [1.29, 1.82) is 0 Å². The first-order valence-corrected chi connectivity index (χ1v) is 18.7. The number of aromatic nitrogens is 4. The molecule has 0 aliphatic rings. The molecule has 8 aromatic carbocycles. The third-order valence-electron chi connectivity index (χ3n) is 10.1. The molecule has 5 nitrogen and oxygen atoms in total. The van der Waals surface area contributed by atoms with E-state index in [1.54, 1.807) is 11.3 Å². The summed E-state index contributed by atoms with van der Waals surface area (Å²) in [6.45, 7) is 0. The molecule has 3 heterocycles. The normalized spacial score (nSPS) is 11.7. The van der Waals surface area contributed by atoms with Crippen LogP contribution in [0.25, 0.3) is 110 Å². The third kappa shape index (κ3) is 5.23. The zero-order chi connectivity index (χ0) is 35.6.